The van der Waals surface area contributed by atoms with Crippen LogP contribution in [-0.4, -0.2) is 0 Å². The van der Waals surface area contributed by atoms with Gasteiger partial charge in [0, 0.05) is 0 Å². The van der Waals surface area contributed by atoms with Gasteiger partial charge in [-0.3, -0.25) is 0 Å². The van der Waals surface area contributed by atoms with Gasteiger partial charge in [0.05, 0.1) is 0 Å². The summed E-state index contributed by atoms with van der Waals surface area (Å²) >= 11 is 0. The molecule has 3 rings (SSSR count). The van der Waals surface area contributed by atoms with Crippen LogP contribution in [0.1, 0.15) is 140 Å². The Morgan fingerprint density at radius 1 is 0.615 bits per heavy atom. The van der Waals surface area contributed by atoms with Crippen molar-refractivity contribution >= 4 is 0 Å². The van der Waals surface area contributed by atoms with E-state index in [1.165, 1.54) is 46.2 Å². The van der Waals surface area contributed by atoms with E-state index in [1.54, 1.807) is 0 Å². The zero-order valence-electron chi connectivity index (χ0n) is 27.0. The molecule has 4 unspecified atom stereocenters. The van der Waals surface area contributed by atoms with Crippen LogP contribution in [0.15, 0.2) is 66.7 Å². The minimum atomic E-state index is 0. The van der Waals surface area contributed by atoms with Crippen molar-refractivity contribution in [2.24, 2.45) is 11.8 Å². The summed E-state index contributed by atoms with van der Waals surface area (Å²) < 4.78 is 0. The van der Waals surface area contributed by atoms with Crippen molar-refractivity contribution in [3.05, 3.63) is 106 Å². The van der Waals surface area contributed by atoms with Crippen molar-refractivity contribution < 1.29 is 18.9 Å². The second-order valence-electron chi connectivity index (χ2n) is 13.9. The Balaban J connectivity index is 0.00000533. The molecule has 0 saturated heterocycles. The van der Waals surface area contributed by atoms with Crippen molar-refractivity contribution in [2.75, 3.05) is 0 Å². The molecule has 0 aliphatic carbocycles. The molecule has 3 aromatic rings. The largest absolute Gasteiger partial charge is 1.00 e. The van der Waals surface area contributed by atoms with Gasteiger partial charge in [-0.25, -0.2) is 0 Å². The Morgan fingerprint density at radius 2 is 1.03 bits per heavy atom. The first-order valence-corrected chi connectivity index (χ1v) is 15.1. The van der Waals surface area contributed by atoms with Crippen LogP contribution in [0.2, 0.25) is 0 Å². The Labute approximate surface area is 253 Å². The van der Waals surface area contributed by atoms with Gasteiger partial charge in [-0.15, -0.1) is 5.56 Å². The van der Waals surface area contributed by atoms with Crippen LogP contribution in [0, 0.1) is 17.9 Å². The molecule has 0 aliphatic heterocycles. The second-order valence-corrected chi connectivity index (χ2v) is 13.9. The van der Waals surface area contributed by atoms with Crippen LogP contribution < -0.4 is 18.9 Å². The minimum absolute atomic E-state index is 0. The van der Waals surface area contributed by atoms with Crippen molar-refractivity contribution in [3.8, 4) is 0 Å². The van der Waals surface area contributed by atoms with Gasteiger partial charge in [0.15, 0.2) is 0 Å². The SMILES string of the molecule is CCC(C)CC(c1ccc(C(C)(C)C)cc1)c1[c-]cccc1C(CC(C)CC)c1ccc(C(C)(C)C)cc1.[Li+]. The monoisotopic (exact) mass is 516 g/mol. The first kappa shape index (κ1) is 33.5. The number of hydrogen-bond donors (Lipinski definition) is 0. The molecule has 0 nitrogen and oxygen atoms in total. The molecule has 4 atom stereocenters. The van der Waals surface area contributed by atoms with Crippen molar-refractivity contribution in [1.82, 2.24) is 0 Å². The summed E-state index contributed by atoms with van der Waals surface area (Å²) in [6, 6.07) is 29.5. The molecule has 0 bridgehead atoms. The van der Waals surface area contributed by atoms with E-state index in [2.05, 4.69) is 142 Å². The molecule has 0 spiro atoms. The molecule has 206 valence electrons. The Bertz CT molecular complexity index is 1030. The third-order valence-corrected chi connectivity index (χ3v) is 8.67. The Kier molecular flexibility index (Phi) is 12.2. The maximum absolute atomic E-state index is 3.79. The first-order valence-electron chi connectivity index (χ1n) is 15.1. The standard InChI is InChI=1S/C38H53.Li/c1-11-27(3)25-35(29-17-21-31(22-18-29)37(5,6)7)33-15-13-14-16-34(33)36(26-28(4)12-2)30-19-23-32(24-20-30)38(8,9)10;/h13-15,17-24,27-28,35-36H,11-12,25-26H2,1-10H3;/q-1;+1. The van der Waals surface area contributed by atoms with E-state index in [0.29, 0.717) is 23.7 Å². The van der Waals surface area contributed by atoms with Crippen molar-refractivity contribution in [2.45, 2.75) is 118 Å². The van der Waals surface area contributed by atoms with Gasteiger partial charge in [-0.05, 0) is 57.6 Å². The molecule has 0 fully saturated rings. The van der Waals surface area contributed by atoms with E-state index < -0.39 is 0 Å². The van der Waals surface area contributed by atoms with Crippen LogP contribution in [0.25, 0.3) is 0 Å². The topological polar surface area (TPSA) is 0 Å². The maximum atomic E-state index is 3.79. The van der Waals surface area contributed by atoms with Crippen LogP contribution in [0.4, 0.5) is 0 Å². The smallest absolute Gasteiger partial charge is 0.179 e. The average Bonchev–Trinajstić information content (AvgIpc) is 2.89. The molecule has 0 radical (unpaired) electrons. The van der Waals surface area contributed by atoms with Crippen molar-refractivity contribution in [3.63, 3.8) is 0 Å². The number of benzene rings is 3. The number of rotatable bonds is 10. The van der Waals surface area contributed by atoms with E-state index in [-0.39, 0.29) is 29.7 Å². The minimum Gasteiger partial charge on any atom is -0.179 e. The summed E-state index contributed by atoms with van der Waals surface area (Å²) in [5, 5.41) is 0. The molecule has 3 aromatic carbocycles. The van der Waals surface area contributed by atoms with E-state index in [4.69, 9.17) is 0 Å². The van der Waals surface area contributed by atoms with Crippen LogP contribution in [0.3, 0.4) is 0 Å². The molecule has 39 heavy (non-hydrogen) atoms. The van der Waals surface area contributed by atoms with Gasteiger partial charge in [0.25, 0.3) is 0 Å². The van der Waals surface area contributed by atoms with Gasteiger partial charge in [-0.1, -0.05) is 143 Å². The third kappa shape index (κ3) is 8.87. The third-order valence-electron chi connectivity index (χ3n) is 8.67. The van der Waals surface area contributed by atoms with E-state index in [9.17, 15) is 0 Å². The van der Waals surface area contributed by atoms with Gasteiger partial charge >= 0.3 is 18.9 Å². The van der Waals surface area contributed by atoms with Crippen molar-refractivity contribution in [1.29, 1.82) is 0 Å². The van der Waals surface area contributed by atoms with E-state index >= 15 is 0 Å². The fraction of sp³-hybridized carbons (Fsp3) is 0.526. The molecule has 1 heteroatoms. The predicted molar refractivity (Wildman–Crippen MR) is 167 cm³/mol. The average molecular weight is 517 g/mol. The molecular weight excluding hydrogens is 463 g/mol. The van der Waals surface area contributed by atoms with Crippen LogP contribution in [0.5, 0.6) is 0 Å². The summed E-state index contributed by atoms with van der Waals surface area (Å²) in [5.74, 6) is 2.04. The molecule has 0 saturated carbocycles. The first-order chi connectivity index (χ1) is 17.8. The number of hydrogen-bond acceptors (Lipinski definition) is 0. The molecule has 0 amide bonds. The van der Waals surface area contributed by atoms with Gasteiger partial charge in [0.2, 0.25) is 0 Å². The van der Waals surface area contributed by atoms with E-state index in [1.807, 2.05) is 0 Å². The second kappa shape index (κ2) is 14.2. The quantitative estimate of drug-likeness (QED) is 0.188. The maximum Gasteiger partial charge on any atom is 1.00 e. The molecular formula is C38H53Li. The molecule has 0 N–H and O–H groups in total. The van der Waals surface area contributed by atoms with E-state index in [0.717, 1.165) is 12.8 Å². The van der Waals surface area contributed by atoms with Gasteiger partial charge < -0.3 is 0 Å². The fourth-order valence-corrected chi connectivity index (χ4v) is 5.50. The zero-order valence-corrected chi connectivity index (χ0v) is 27.0. The zero-order chi connectivity index (χ0) is 28.1. The Hall–Kier alpha value is -1.74. The van der Waals surface area contributed by atoms with Gasteiger partial charge in [-0.2, -0.15) is 29.8 Å². The molecule has 0 heterocycles. The van der Waals surface area contributed by atoms with Crippen LogP contribution >= 0.6 is 0 Å². The summed E-state index contributed by atoms with van der Waals surface area (Å²) in [6.45, 7) is 23.2. The van der Waals surface area contributed by atoms with Crippen LogP contribution in [-0.2, 0) is 10.8 Å². The fourth-order valence-electron chi connectivity index (χ4n) is 5.50. The van der Waals surface area contributed by atoms with Gasteiger partial charge in [0.1, 0.15) is 0 Å². The predicted octanol–water partition coefficient (Wildman–Crippen LogP) is 8.22. The summed E-state index contributed by atoms with van der Waals surface area (Å²) in [4.78, 5) is 0. The summed E-state index contributed by atoms with van der Waals surface area (Å²) in [5.41, 5.74) is 8.84. The normalized spacial score (nSPS) is 15.2. The summed E-state index contributed by atoms with van der Waals surface area (Å²) in [7, 11) is 0. The molecule has 0 aliphatic rings. The summed E-state index contributed by atoms with van der Waals surface area (Å²) in [6.07, 6.45) is 4.71. The Morgan fingerprint density at radius 3 is 1.44 bits per heavy atom. The molecule has 0 aromatic heterocycles.